The fraction of sp³-hybridized carbons (Fsp3) is 0.909. The van der Waals surface area contributed by atoms with Crippen LogP contribution < -0.4 is 10.7 Å². The third kappa shape index (κ3) is 3.18. The maximum atomic E-state index is 11.9. The zero-order valence-electron chi connectivity index (χ0n) is 9.30. The number of hydrogen-bond acceptors (Lipinski definition) is 3. The Hall–Kier alpha value is -0.610. The van der Waals surface area contributed by atoms with Gasteiger partial charge < -0.3 is 5.32 Å². The second kappa shape index (κ2) is 5.47. The lowest BCUT2D eigenvalue weighted by Gasteiger charge is -2.30. The summed E-state index contributed by atoms with van der Waals surface area (Å²) in [5, 5.41) is 5.36. The maximum absolute atomic E-state index is 11.9. The minimum Gasteiger partial charge on any atom is -0.316 e. The smallest absolute Gasteiger partial charge is 0.238 e. The standard InChI is InChI=1S/C11H21N3O/c15-11(10-5-4-6-12-9-10)13-14-7-2-1-3-8-14/h10,12H,1-9H2,(H,13,15)/t10-/m0/s1. The number of hydrazine groups is 1. The number of hydrogen-bond donors (Lipinski definition) is 2. The van der Waals surface area contributed by atoms with Crippen LogP contribution in [-0.2, 0) is 4.79 Å². The van der Waals surface area contributed by atoms with Gasteiger partial charge in [0.15, 0.2) is 0 Å². The lowest BCUT2D eigenvalue weighted by molar-refractivity contribution is -0.130. The Labute approximate surface area is 91.4 Å². The molecule has 2 rings (SSSR count). The van der Waals surface area contributed by atoms with Crippen molar-refractivity contribution in [3.8, 4) is 0 Å². The van der Waals surface area contributed by atoms with Crippen LogP contribution in [0.2, 0.25) is 0 Å². The lowest BCUT2D eigenvalue weighted by Crippen LogP contribution is -2.49. The highest BCUT2D eigenvalue weighted by Gasteiger charge is 2.22. The SMILES string of the molecule is O=C(NN1CCCCC1)[C@H]1CCCNC1. The van der Waals surface area contributed by atoms with Gasteiger partial charge in [0.2, 0.25) is 5.91 Å². The summed E-state index contributed by atoms with van der Waals surface area (Å²) < 4.78 is 0. The molecule has 0 aromatic rings. The number of piperidine rings is 2. The Morgan fingerprint density at radius 1 is 1.20 bits per heavy atom. The van der Waals surface area contributed by atoms with E-state index in [0.717, 1.165) is 39.0 Å². The van der Waals surface area contributed by atoms with Gasteiger partial charge in [0, 0.05) is 19.6 Å². The molecule has 2 saturated heterocycles. The first-order valence-electron chi connectivity index (χ1n) is 6.12. The Kier molecular flexibility index (Phi) is 3.97. The highest BCUT2D eigenvalue weighted by Crippen LogP contribution is 2.11. The molecule has 0 saturated carbocycles. The van der Waals surface area contributed by atoms with Gasteiger partial charge in [-0.2, -0.15) is 0 Å². The number of carbonyl (C=O) groups is 1. The molecule has 2 N–H and O–H groups in total. The average Bonchev–Trinajstić information content (AvgIpc) is 2.31. The Bertz CT molecular complexity index is 208. The number of amides is 1. The van der Waals surface area contributed by atoms with Gasteiger partial charge in [0.1, 0.15) is 0 Å². The van der Waals surface area contributed by atoms with Gasteiger partial charge >= 0.3 is 0 Å². The highest BCUT2D eigenvalue weighted by molar-refractivity contribution is 5.78. The summed E-state index contributed by atoms with van der Waals surface area (Å²) in [6, 6.07) is 0. The molecule has 0 aromatic carbocycles. The molecular weight excluding hydrogens is 190 g/mol. The second-order valence-corrected chi connectivity index (χ2v) is 4.57. The third-order valence-corrected chi connectivity index (χ3v) is 3.29. The molecule has 2 fully saturated rings. The summed E-state index contributed by atoms with van der Waals surface area (Å²) >= 11 is 0. The molecule has 0 radical (unpaired) electrons. The normalized spacial score (nSPS) is 28.7. The second-order valence-electron chi connectivity index (χ2n) is 4.57. The van der Waals surface area contributed by atoms with Crippen molar-refractivity contribution in [2.45, 2.75) is 32.1 Å². The maximum Gasteiger partial charge on any atom is 0.238 e. The summed E-state index contributed by atoms with van der Waals surface area (Å²) in [5.41, 5.74) is 3.04. The monoisotopic (exact) mass is 211 g/mol. The zero-order chi connectivity index (χ0) is 10.5. The third-order valence-electron chi connectivity index (χ3n) is 3.29. The summed E-state index contributed by atoms with van der Waals surface area (Å²) in [6.45, 7) is 3.95. The number of nitrogens with one attached hydrogen (secondary N) is 2. The van der Waals surface area contributed by atoms with E-state index in [1.54, 1.807) is 0 Å². The first-order valence-corrected chi connectivity index (χ1v) is 6.12. The van der Waals surface area contributed by atoms with E-state index in [0.29, 0.717) is 0 Å². The van der Waals surface area contributed by atoms with Crippen molar-refractivity contribution in [2.75, 3.05) is 26.2 Å². The highest BCUT2D eigenvalue weighted by atomic mass is 16.2. The van der Waals surface area contributed by atoms with Gasteiger partial charge in [-0.1, -0.05) is 6.42 Å². The summed E-state index contributed by atoms with van der Waals surface area (Å²) in [6.07, 6.45) is 5.88. The topological polar surface area (TPSA) is 44.4 Å². The quantitative estimate of drug-likeness (QED) is 0.699. The van der Waals surface area contributed by atoms with E-state index in [-0.39, 0.29) is 11.8 Å². The van der Waals surface area contributed by atoms with Crippen LogP contribution in [-0.4, -0.2) is 37.1 Å². The van der Waals surface area contributed by atoms with Gasteiger partial charge in [-0.25, -0.2) is 5.01 Å². The fourth-order valence-electron chi connectivity index (χ4n) is 2.33. The van der Waals surface area contributed by atoms with Crippen molar-refractivity contribution in [2.24, 2.45) is 5.92 Å². The molecule has 0 bridgehead atoms. The molecule has 1 atom stereocenters. The number of carbonyl (C=O) groups excluding carboxylic acids is 1. The molecule has 0 aromatic heterocycles. The fourth-order valence-corrected chi connectivity index (χ4v) is 2.33. The van der Waals surface area contributed by atoms with Gasteiger partial charge in [-0.15, -0.1) is 0 Å². The van der Waals surface area contributed by atoms with E-state index in [1.807, 2.05) is 0 Å². The number of nitrogens with zero attached hydrogens (tertiary/aromatic N) is 1. The molecule has 4 heteroatoms. The molecule has 2 aliphatic rings. The minimum atomic E-state index is 0.181. The summed E-state index contributed by atoms with van der Waals surface area (Å²) in [5.74, 6) is 0.393. The summed E-state index contributed by atoms with van der Waals surface area (Å²) in [4.78, 5) is 11.9. The first kappa shape index (κ1) is 10.9. The Morgan fingerprint density at radius 3 is 2.67 bits per heavy atom. The van der Waals surface area contributed by atoms with E-state index < -0.39 is 0 Å². The Morgan fingerprint density at radius 2 is 2.00 bits per heavy atom. The molecule has 2 aliphatic heterocycles. The molecular formula is C11H21N3O. The van der Waals surface area contributed by atoms with Crippen LogP contribution >= 0.6 is 0 Å². The zero-order valence-corrected chi connectivity index (χ0v) is 9.30. The van der Waals surface area contributed by atoms with E-state index >= 15 is 0 Å². The van der Waals surface area contributed by atoms with Gasteiger partial charge in [-0.05, 0) is 32.2 Å². The van der Waals surface area contributed by atoms with Crippen molar-refractivity contribution >= 4 is 5.91 Å². The van der Waals surface area contributed by atoms with Crippen LogP contribution in [0.25, 0.3) is 0 Å². The average molecular weight is 211 g/mol. The molecule has 86 valence electrons. The minimum absolute atomic E-state index is 0.181. The van der Waals surface area contributed by atoms with Crippen molar-refractivity contribution < 1.29 is 4.79 Å². The van der Waals surface area contributed by atoms with Crippen LogP contribution in [0.3, 0.4) is 0 Å². The lowest BCUT2D eigenvalue weighted by atomic mass is 9.99. The van der Waals surface area contributed by atoms with Crippen molar-refractivity contribution in [3.05, 3.63) is 0 Å². The molecule has 1 amide bonds. The molecule has 2 heterocycles. The van der Waals surface area contributed by atoms with Crippen molar-refractivity contribution in [1.29, 1.82) is 0 Å². The molecule has 0 unspecified atom stereocenters. The molecule has 15 heavy (non-hydrogen) atoms. The van der Waals surface area contributed by atoms with Crippen molar-refractivity contribution in [1.82, 2.24) is 15.8 Å². The predicted molar refractivity (Wildman–Crippen MR) is 59.2 cm³/mol. The van der Waals surface area contributed by atoms with Gasteiger partial charge in [0.05, 0.1) is 5.92 Å². The van der Waals surface area contributed by atoms with Gasteiger partial charge in [0.25, 0.3) is 0 Å². The van der Waals surface area contributed by atoms with Crippen LogP contribution in [0.15, 0.2) is 0 Å². The molecule has 0 aliphatic carbocycles. The van der Waals surface area contributed by atoms with Crippen LogP contribution in [0.4, 0.5) is 0 Å². The Balaban J connectivity index is 1.74. The van der Waals surface area contributed by atoms with Crippen LogP contribution in [0, 0.1) is 5.92 Å². The first-order chi connectivity index (χ1) is 7.36. The summed E-state index contributed by atoms with van der Waals surface area (Å²) in [7, 11) is 0. The van der Waals surface area contributed by atoms with E-state index in [9.17, 15) is 4.79 Å². The molecule has 4 nitrogen and oxygen atoms in total. The van der Waals surface area contributed by atoms with Crippen molar-refractivity contribution in [3.63, 3.8) is 0 Å². The van der Waals surface area contributed by atoms with Gasteiger partial charge in [-0.3, -0.25) is 10.2 Å². The largest absolute Gasteiger partial charge is 0.316 e. The van der Waals surface area contributed by atoms with E-state index in [2.05, 4.69) is 15.8 Å². The molecule has 0 spiro atoms. The number of rotatable bonds is 2. The predicted octanol–water partition coefficient (Wildman–Crippen LogP) is 0.503. The van der Waals surface area contributed by atoms with Crippen LogP contribution in [0.1, 0.15) is 32.1 Å². The van der Waals surface area contributed by atoms with Crippen LogP contribution in [0.5, 0.6) is 0 Å². The van der Waals surface area contributed by atoms with E-state index in [1.165, 1.54) is 19.3 Å². The van der Waals surface area contributed by atoms with E-state index in [4.69, 9.17) is 0 Å².